The number of amides is 1. The largest absolute Gasteiger partial charge is 0.368 e. The number of nitrogens with zero attached hydrogens (tertiary/aromatic N) is 4. The molecule has 0 spiro atoms. The minimum Gasteiger partial charge on any atom is -0.368 e. The average molecular weight is 334 g/mol. The van der Waals surface area contributed by atoms with Crippen molar-refractivity contribution in [3.05, 3.63) is 52.3 Å². The maximum atomic E-state index is 14.0. The Balaban J connectivity index is 2.26. The lowest BCUT2D eigenvalue weighted by Gasteiger charge is -2.17. The SMILES string of the molecule is N#Cc1cnc(NCC(F)(F)c2ccccn2)c(=O)n1CC(N)=O. The van der Waals surface area contributed by atoms with E-state index in [0.717, 1.165) is 16.8 Å². The molecule has 0 bridgehead atoms. The van der Waals surface area contributed by atoms with Gasteiger partial charge in [0.2, 0.25) is 5.91 Å². The molecule has 0 aliphatic rings. The number of aromatic nitrogens is 3. The molecule has 0 aromatic carbocycles. The lowest BCUT2D eigenvalue weighted by molar-refractivity contribution is -0.118. The van der Waals surface area contributed by atoms with Crippen molar-refractivity contribution in [3.8, 4) is 6.07 Å². The molecule has 1 amide bonds. The van der Waals surface area contributed by atoms with Crippen LogP contribution < -0.4 is 16.6 Å². The molecule has 0 aliphatic carbocycles. The van der Waals surface area contributed by atoms with E-state index in [1.54, 1.807) is 6.07 Å². The molecule has 24 heavy (non-hydrogen) atoms. The van der Waals surface area contributed by atoms with Gasteiger partial charge in [0.15, 0.2) is 5.82 Å². The van der Waals surface area contributed by atoms with Crippen LogP contribution in [-0.4, -0.2) is 27.0 Å². The summed E-state index contributed by atoms with van der Waals surface area (Å²) in [5, 5.41) is 11.1. The summed E-state index contributed by atoms with van der Waals surface area (Å²) in [6.07, 6.45) is 2.22. The molecule has 8 nitrogen and oxygen atoms in total. The number of nitrogens with two attached hydrogens (primary N) is 1. The molecule has 0 radical (unpaired) electrons. The van der Waals surface area contributed by atoms with Crippen molar-refractivity contribution in [2.45, 2.75) is 12.5 Å². The van der Waals surface area contributed by atoms with Crippen LogP contribution in [-0.2, 0) is 17.3 Å². The Bertz CT molecular complexity index is 845. The van der Waals surface area contributed by atoms with Crippen molar-refractivity contribution in [2.24, 2.45) is 5.73 Å². The number of hydrogen-bond donors (Lipinski definition) is 2. The molecule has 2 heterocycles. The first-order valence-electron chi connectivity index (χ1n) is 6.66. The Morgan fingerprint density at radius 3 is 2.75 bits per heavy atom. The molecule has 0 atom stereocenters. The van der Waals surface area contributed by atoms with E-state index in [0.29, 0.717) is 0 Å². The predicted molar refractivity (Wildman–Crippen MR) is 79.0 cm³/mol. The van der Waals surface area contributed by atoms with Crippen LogP contribution >= 0.6 is 0 Å². The van der Waals surface area contributed by atoms with Gasteiger partial charge in [-0.05, 0) is 12.1 Å². The summed E-state index contributed by atoms with van der Waals surface area (Å²) in [5.74, 6) is -4.63. The van der Waals surface area contributed by atoms with Crippen LogP contribution in [0.5, 0.6) is 0 Å². The monoisotopic (exact) mass is 334 g/mol. The summed E-state index contributed by atoms with van der Waals surface area (Å²) >= 11 is 0. The van der Waals surface area contributed by atoms with E-state index < -0.39 is 42.0 Å². The van der Waals surface area contributed by atoms with E-state index in [-0.39, 0.29) is 5.69 Å². The molecule has 0 fully saturated rings. The van der Waals surface area contributed by atoms with Gasteiger partial charge in [-0.2, -0.15) is 14.0 Å². The van der Waals surface area contributed by atoms with Crippen LogP contribution in [0.1, 0.15) is 11.4 Å². The van der Waals surface area contributed by atoms with E-state index in [1.165, 1.54) is 18.3 Å². The number of hydrogen-bond acceptors (Lipinski definition) is 6. The van der Waals surface area contributed by atoms with Crippen molar-refractivity contribution in [2.75, 3.05) is 11.9 Å². The van der Waals surface area contributed by atoms with Gasteiger partial charge in [-0.25, -0.2) is 4.98 Å². The van der Waals surface area contributed by atoms with Crippen LogP contribution in [0.4, 0.5) is 14.6 Å². The summed E-state index contributed by atoms with van der Waals surface area (Å²) in [5.41, 5.74) is 3.43. The number of primary amides is 1. The van der Waals surface area contributed by atoms with E-state index in [2.05, 4.69) is 15.3 Å². The van der Waals surface area contributed by atoms with E-state index in [9.17, 15) is 18.4 Å². The van der Waals surface area contributed by atoms with Crippen LogP contribution in [0.3, 0.4) is 0 Å². The molecule has 0 saturated heterocycles. The summed E-state index contributed by atoms with van der Waals surface area (Å²) in [6.45, 7) is -1.50. The van der Waals surface area contributed by atoms with Gasteiger partial charge in [-0.1, -0.05) is 6.07 Å². The van der Waals surface area contributed by atoms with Gasteiger partial charge in [-0.3, -0.25) is 19.1 Å². The summed E-state index contributed by atoms with van der Waals surface area (Å²) < 4.78 is 28.8. The third kappa shape index (κ3) is 3.70. The number of rotatable bonds is 6. The highest BCUT2D eigenvalue weighted by atomic mass is 19.3. The third-order valence-electron chi connectivity index (χ3n) is 3.00. The zero-order valence-corrected chi connectivity index (χ0v) is 12.2. The smallest absolute Gasteiger partial charge is 0.306 e. The standard InChI is InChI=1S/C14H12F2N6O2/c15-14(16,10-3-1-2-4-19-10)8-21-12-13(24)22(7-11(18)23)9(5-17)6-20-12/h1-4,6H,7-8H2,(H2,18,23)(H,20,21). The van der Waals surface area contributed by atoms with Gasteiger partial charge in [0, 0.05) is 6.20 Å². The fourth-order valence-electron chi connectivity index (χ4n) is 1.88. The average Bonchev–Trinajstić information content (AvgIpc) is 2.56. The maximum Gasteiger partial charge on any atom is 0.306 e. The first-order valence-corrected chi connectivity index (χ1v) is 6.66. The van der Waals surface area contributed by atoms with Gasteiger partial charge >= 0.3 is 5.92 Å². The lowest BCUT2D eigenvalue weighted by atomic mass is 10.2. The molecular formula is C14H12F2N6O2. The quantitative estimate of drug-likeness (QED) is 0.777. The number of pyridine rings is 1. The normalized spacial score (nSPS) is 10.9. The van der Waals surface area contributed by atoms with Gasteiger partial charge < -0.3 is 11.1 Å². The van der Waals surface area contributed by atoms with Crippen LogP contribution in [0.15, 0.2) is 35.4 Å². The first-order chi connectivity index (χ1) is 11.3. The summed E-state index contributed by atoms with van der Waals surface area (Å²) in [7, 11) is 0. The van der Waals surface area contributed by atoms with Crippen molar-refractivity contribution in [1.29, 1.82) is 5.26 Å². The summed E-state index contributed by atoms with van der Waals surface area (Å²) in [4.78, 5) is 30.4. The molecular weight excluding hydrogens is 322 g/mol. The highest BCUT2D eigenvalue weighted by molar-refractivity contribution is 5.73. The van der Waals surface area contributed by atoms with Crippen molar-refractivity contribution >= 4 is 11.7 Å². The molecule has 2 aromatic rings. The molecule has 2 rings (SSSR count). The second kappa shape index (κ2) is 6.82. The molecule has 0 aliphatic heterocycles. The number of nitriles is 1. The fourth-order valence-corrected chi connectivity index (χ4v) is 1.88. The van der Waals surface area contributed by atoms with Crippen molar-refractivity contribution in [3.63, 3.8) is 0 Å². The number of alkyl halides is 2. The van der Waals surface area contributed by atoms with E-state index >= 15 is 0 Å². The maximum absolute atomic E-state index is 14.0. The Labute approximate surface area is 134 Å². The second-order valence-electron chi connectivity index (χ2n) is 4.73. The Kier molecular flexibility index (Phi) is 4.84. The third-order valence-corrected chi connectivity index (χ3v) is 3.00. The zero-order valence-electron chi connectivity index (χ0n) is 12.2. The van der Waals surface area contributed by atoms with Crippen LogP contribution in [0.2, 0.25) is 0 Å². The van der Waals surface area contributed by atoms with Crippen molar-refractivity contribution in [1.82, 2.24) is 14.5 Å². The van der Waals surface area contributed by atoms with Gasteiger partial charge in [-0.15, -0.1) is 0 Å². The molecule has 10 heteroatoms. The summed E-state index contributed by atoms with van der Waals surface area (Å²) in [6, 6.07) is 5.74. The Morgan fingerprint density at radius 2 is 2.17 bits per heavy atom. The molecule has 0 unspecified atom stereocenters. The van der Waals surface area contributed by atoms with Crippen molar-refractivity contribution < 1.29 is 13.6 Å². The van der Waals surface area contributed by atoms with Crippen LogP contribution in [0.25, 0.3) is 0 Å². The molecule has 0 saturated carbocycles. The fraction of sp³-hybridized carbons (Fsp3) is 0.214. The van der Waals surface area contributed by atoms with Gasteiger partial charge in [0.25, 0.3) is 5.56 Å². The predicted octanol–water partition coefficient (Wildman–Crippen LogP) is 0.199. The minimum atomic E-state index is -3.35. The molecule has 124 valence electrons. The first kappa shape index (κ1) is 17.0. The number of carbonyl (C=O) groups excluding carboxylic acids is 1. The Morgan fingerprint density at radius 1 is 1.42 bits per heavy atom. The number of nitrogens with one attached hydrogen (secondary N) is 1. The second-order valence-corrected chi connectivity index (χ2v) is 4.73. The zero-order chi connectivity index (χ0) is 17.7. The highest BCUT2D eigenvalue weighted by Gasteiger charge is 2.33. The molecule has 2 aromatic heterocycles. The van der Waals surface area contributed by atoms with Gasteiger partial charge in [0.1, 0.15) is 24.0 Å². The van der Waals surface area contributed by atoms with E-state index in [4.69, 9.17) is 11.0 Å². The highest BCUT2D eigenvalue weighted by Crippen LogP contribution is 2.25. The van der Waals surface area contributed by atoms with E-state index in [1.807, 2.05) is 0 Å². The number of halogens is 2. The Hall–Kier alpha value is -3.35. The van der Waals surface area contributed by atoms with Gasteiger partial charge in [0.05, 0.1) is 12.7 Å². The number of carbonyl (C=O) groups is 1. The number of anilines is 1. The molecule has 3 N–H and O–H groups in total. The topological polar surface area (TPSA) is 127 Å². The lowest BCUT2D eigenvalue weighted by Crippen LogP contribution is -2.34. The van der Waals surface area contributed by atoms with Crippen LogP contribution in [0, 0.1) is 11.3 Å². The minimum absolute atomic E-state index is 0.208.